The Balaban J connectivity index is 0.000000244. The first-order valence-electron chi connectivity index (χ1n) is 7.75. The Kier molecular flexibility index (Phi) is 6.38. The average Bonchev–Trinajstić information content (AvgIpc) is 2.69. The van der Waals surface area contributed by atoms with Crippen molar-refractivity contribution in [1.29, 1.82) is 0 Å². The Morgan fingerprint density at radius 1 is 0.815 bits per heavy atom. The van der Waals surface area contributed by atoms with Gasteiger partial charge in [-0.3, -0.25) is 14.9 Å². The number of rotatable bonds is 4. The van der Waals surface area contributed by atoms with Gasteiger partial charge in [0.2, 0.25) is 0 Å². The van der Waals surface area contributed by atoms with Crippen LogP contribution in [0.2, 0.25) is 0 Å². The van der Waals surface area contributed by atoms with Gasteiger partial charge in [0.25, 0.3) is 5.69 Å². The molecule has 136 valence electrons. The van der Waals surface area contributed by atoms with Gasteiger partial charge in [-0.25, -0.2) is 4.79 Å². The van der Waals surface area contributed by atoms with Gasteiger partial charge in [-0.05, 0) is 18.2 Å². The van der Waals surface area contributed by atoms with Crippen molar-refractivity contribution in [2.24, 2.45) is 0 Å². The molecule has 3 aromatic rings. The molecule has 0 amide bonds. The van der Waals surface area contributed by atoms with Gasteiger partial charge in [-0.15, -0.1) is 0 Å². The first kappa shape index (κ1) is 19.3. The number of carbonyl (C=O) groups is 2. The molecule has 2 N–H and O–H groups in total. The van der Waals surface area contributed by atoms with Crippen LogP contribution < -0.4 is 0 Å². The van der Waals surface area contributed by atoms with Crippen molar-refractivity contribution in [3.05, 3.63) is 106 Å². The SMILES string of the molecule is O=C(O)c1ccccc1.O=C(c1ccccc1)c1ccc([N+](=O)[O-])cc1O. The van der Waals surface area contributed by atoms with E-state index in [1.807, 2.05) is 0 Å². The fourth-order valence-electron chi connectivity index (χ4n) is 2.15. The molecule has 7 nitrogen and oxygen atoms in total. The van der Waals surface area contributed by atoms with Gasteiger partial charge in [-0.2, -0.15) is 0 Å². The molecule has 0 aromatic heterocycles. The lowest BCUT2D eigenvalue weighted by Gasteiger charge is -2.03. The van der Waals surface area contributed by atoms with Gasteiger partial charge in [-0.1, -0.05) is 48.5 Å². The normalized spacial score (nSPS) is 9.63. The van der Waals surface area contributed by atoms with E-state index in [1.54, 1.807) is 60.7 Å². The van der Waals surface area contributed by atoms with Crippen LogP contribution in [-0.4, -0.2) is 26.9 Å². The van der Waals surface area contributed by atoms with Crippen molar-refractivity contribution in [2.45, 2.75) is 0 Å². The molecule has 27 heavy (non-hydrogen) atoms. The molecule has 0 fully saturated rings. The number of carboxylic acids is 1. The van der Waals surface area contributed by atoms with Crippen molar-refractivity contribution >= 4 is 17.4 Å². The Morgan fingerprint density at radius 2 is 1.33 bits per heavy atom. The van der Waals surface area contributed by atoms with Gasteiger partial charge in [0.15, 0.2) is 5.78 Å². The Hall–Kier alpha value is -4.00. The summed E-state index contributed by atoms with van der Waals surface area (Å²) in [6, 6.07) is 20.1. The molecule has 0 unspecified atom stereocenters. The number of hydrogen-bond acceptors (Lipinski definition) is 5. The molecule has 0 saturated carbocycles. The molecular formula is C20H15NO6. The molecule has 0 radical (unpaired) electrons. The fourth-order valence-corrected chi connectivity index (χ4v) is 2.15. The third-order valence-electron chi connectivity index (χ3n) is 3.49. The maximum absolute atomic E-state index is 12.0. The zero-order valence-corrected chi connectivity index (χ0v) is 14.0. The number of nitro benzene ring substituents is 1. The average molecular weight is 365 g/mol. The van der Waals surface area contributed by atoms with Crippen LogP contribution in [0.4, 0.5) is 5.69 Å². The van der Waals surface area contributed by atoms with Crippen molar-refractivity contribution in [3.63, 3.8) is 0 Å². The fraction of sp³-hybridized carbons (Fsp3) is 0. The lowest BCUT2D eigenvalue weighted by atomic mass is 10.0. The third kappa shape index (κ3) is 5.23. The molecule has 0 atom stereocenters. The molecule has 0 spiro atoms. The number of aromatic hydroxyl groups is 1. The third-order valence-corrected chi connectivity index (χ3v) is 3.49. The minimum atomic E-state index is -0.879. The standard InChI is InChI=1S/C13H9NO4.C7H6O2/c15-12-8-10(14(17)18)6-7-11(12)13(16)9-4-2-1-3-5-9;8-7(9)6-4-2-1-3-5-6/h1-8,15H;1-5H,(H,8,9). The Morgan fingerprint density at radius 3 is 1.74 bits per heavy atom. The Bertz CT molecular complexity index is 955. The van der Waals surface area contributed by atoms with E-state index in [0.29, 0.717) is 11.1 Å². The quantitative estimate of drug-likeness (QED) is 0.411. The number of phenols is 1. The number of non-ortho nitro benzene ring substituents is 1. The van der Waals surface area contributed by atoms with E-state index >= 15 is 0 Å². The van der Waals surface area contributed by atoms with Gasteiger partial charge in [0.05, 0.1) is 22.1 Å². The summed E-state index contributed by atoms with van der Waals surface area (Å²) in [7, 11) is 0. The lowest BCUT2D eigenvalue weighted by molar-refractivity contribution is -0.384. The molecule has 0 aliphatic carbocycles. The maximum atomic E-state index is 12.0. The number of ketones is 1. The van der Waals surface area contributed by atoms with Crippen molar-refractivity contribution < 1.29 is 24.7 Å². The van der Waals surface area contributed by atoms with Crippen molar-refractivity contribution in [2.75, 3.05) is 0 Å². The summed E-state index contributed by atoms with van der Waals surface area (Å²) < 4.78 is 0. The van der Waals surface area contributed by atoms with Gasteiger partial charge in [0.1, 0.15) is 5.75 Å². The zero-order valence-electron chi connectivity index (χ0n) is 14.0. The van der Waals surface area contributed by atoms with E-state index in [-0.39, 0.29) is 17.0 Å². The number of nitro groups is 1. The van der Waals surface area contributed by atoms with Crippen LogP contribution >= 0.6 is 0 Å². The van der Waals surface area contributed by atoms with Gasteiger partial charge < -0.3 is 10.2 Å². The lowest BCUT2D eigenvalue weighted by Crippen LogP contribution is -2.01. The zero-order chi connectivity index (χ0) is 19.8. The number of nitrogens with zero attached hydrogens (tertiary/aromatic N) is 1. The van der Waals surface area contributed by atoms with Crippen LogP contribution in [0.25, 0.3) is 0 Å². The summed E-state index contributed by atoms with van der Waals surface area (Å²) in [6.07, 6.45) is 0. The van der Waals surface area contributed by atoms with E-state index in [0.717, 1.165) is 6.07 Å². The van der Waals surface area contributed by atoms with E-state index < -0.39 is 16.6 Å². The van der Waals surface area contributed by atoms with Crippen LogP contribution in [0.5, 0.6) is 5.75 Å². The number of carboxylic acid groups (broad SMARTS) is 1. The largest absolute Gasteiger partial charge is 0.507 e. The molecule has 0 aliphatic rings. The predicted molar refractivity (Wildman–Crippen MR) is 98.0 cm³/mol. The first-order valence-corrected chi connectivity index (χ1v) is 7.75. The summed E-state index contributed by atoms with van der Waals surface area (Å²) in [5.74, 6) is -1.64. The second kappa shape index (κ2) is 8.91. The summed E-state index contributed by atoms with van der Waals surface area (Å²) in [6.45, 7) is 0. The number of benzene rings is 3. The number of carbonyl (C=O) groups excluding carboxylic acids is 1. The van der Waals surface area contributed by atoms with E-state index in [2.05, 4.69) is 0 Å². The van der Waals surface area contributed by atoms with Crippen LogP contribution in [0, 0.1) is 10.1 Å². The van der Waals surface area contributed by atoms with Crippen LogP contribution in [0.1, 0.15) is 26.3 Å². The predicted octanol–water partition coefficient (Wildman–Crippen LogP) is 3.92. The number of hydrogen-bond donors (Lipinski definition) is 2. The molecule has 0 saturated heterocycles. The van der Waals surface area contributed by atoms with E-state index in [4.69, 9.17) is 5.11 Å². The summed E-state index contributed by atoms with van der Waals surface area (Å²) in [5, 5.41) is 28.5. The van der Waals surface area contributed by atoms with Crippen molar-refractivity contribution in [1.82, 2.24) is 0 Å². The van der Waals surface area contributed by atoms with E-state index in [1.165, 1.54) is 12.1 Å². The van der Waals surface area contributed by atoms with Crippen LogP contribution in [0.3, 0.4) is 0 Å². The Labute approximate surface area is 154 Å². The molecule has 7 heteroatoms. The highest BCUT2D eigenvalue weighted by molar-refractivity contribution is 6.10. The highest BCUT2D eigenvalue weighted by Gasteiger charge is 2.16. The summed E-state index contributed by atoms with van der Waals surface area (Å²) in [5.41, 5.74) is 0.545. The topological polar surface area (TPSA) is 118 Å². The molecular weight excluding hydrogens is 350 g/mol. The molecule has 0 aliphatic heterocycles. The molecule has 0 heterocycles. The summed E-state index contributed by atoms with van der Waals surface area (Å²) >= 11 is 0. The molecule has 3 rings (SSSR count). The number of phenolic OH excluding ortho intramolecular Hbond substituents is 1. The van der Waals surface area contributed by atoms with Crippen molar-refractivity contribution in [3.8, 4) is 5.75 Å². The molecule has 3 aromatic carbocycles. The van der Waals surface area contributed by atoms with Crippen LogP contribution in [0.15, 0.2) is 78.9 Å². The second-order valence-corrected chi connectivity index (χ2v) is 5.32. The minimum Gasteiger partial charge on any atom is -0.507 e. The first-order chi connectivity index (χ1) is 12.9. The summed E-state index contributed by atoms with van der Waals surface area (Å²) in [4.78, 5) is 32.1. The second-order valence-electron chi connectivity index (χ2n) is 5.32. The van der Waals surface area contributed by atoms with E-state index in [9.17, 15) is 24.8 Å². The highest BCUT2D eigenvalue weighted by atomic mass is 16.6. The van der Waals surface area contributed by atoms with Gasteiger partial charge >= 0.3 is 5.97 Å². The maximum Gasteiger partial charge on any atom is 0.335 e. The molecule has 0 bridgehead atoms. The van der Waals surface area contributed by atoms with Crippen LogP contribution in [-0.2, 0) is 0 Å². The minimum absolute atomic E-state index is 0.0480. The van der Waals surface area contributed by atoms with Gasteiger partial charge in [0, 0.05) is 11.6 Å². The number of aromatic carboxylic acids is 1. The highest BCUT2D eigenvalue weighted by Crippen LogP contribution is 2.25. The monoisotopic (exact) mass is 365 g/mol. The smallest absolute Gasteiger partial charge is 0.335 e.